The third-order valence-electron chi connectivity index (χ3n) is 5.80. The lowest BCUT2D eigenvalue weighted by Gasteiger charge is -2.25. The molecule has 0 atom stereocenters. The van der Waals surface area contributed by atoms with Crippen molar-refractivity contribution < 1.29 is 18.4 Å². The molecule has 4 heteroatoms. The van der Waals surface area contributed by atoms with Crippen LogP contribution in [0.1, 0.15) is 22.3 Å². The molecule has 0 saturated carbocycles. The van der Waals surface area contributed by atoms with E-state index in [1.807, 2.05) is 12.1 Å². The van der Waals surface area contributed by atoms with Gasteiger partial charge in [-0.3, -0.25) is 9.59 Å². The average molecular weight is 448 g/mol. The number of allylic oxidation sites excluding steroid dienone is 4. The Morgan fingerprint density at radius 1 is 0.353 bits per heavy atom. The molecule has 2 nitrogen and oxygen atoms in total. The minimum absolute atomic E-state index is 0.209. The summed E-state index contributed by atoms with van der Waals surface area (Å²) in [5, 5.41) is 0. The number of Topliss-reactive ketones (excluding diaryl/α,β-unsaturated/α-hetero) is 2. The van der Waals surface area contributed by atoms with Gasteiger partial charge in [0.1, 0.15) is 11.6 Å². The fourth-order valence-electron chi connectivity index (χ4n) is 4.25. The van der Waals surface area contributed by atoms with Gasteiger partial charge in [0, 0.05) is 22.3 Å². The molecule has 4 aromatic rings. The number of hydrogen-bond acceptors (Lipinski definition) is 2. The van der Waals surface area contributed by atoms with Gasteiger partial charge >= 0.3 is 0 Å². The molecule has 0 bridgehead atoms. The van der Waals surface area contributed by atoms with E-state index in [0.29, 0.717) is 22.3 Å². The molecule has 0 N–H and O–H groups in total. The summed E-state index contributed by atoms with van der Waals surface area (Å²) in [6.45, 7) is 0. The molecule has 164 valence electrons. The highest BCUT2D eigenvalue weighted by Crippen LogP contribution is 2.43. The summed E-state index contributed by atoms with van der Waals surface area (Å²) >= 11 is 0. The van der Waals surface area contributed by atoms with Crippen LogP contribution in [0.25, 0.3) is 22.3 Å². The third-order valence-corrected chi connectivity index (χ3v) is 5.80. The van der Waals surface area contributed by atoms with E-state index in [4.69, 9.17) is 0 Å². The number of carbonyl (C=O) groups excluding carboxylic acids is 2. The Balaban J connectivity index is 1.84. The first-order valence-corrected chi connectivity index (χ1v) is 10.8. The van der Waals surface area contributed by atoms with Gasteiger partial charge in [-0.2, -0.15) is 0 Å². The summed E-state index contributed by atoms with van der Waals surface area (Å²) in [6, 6.07) is 28.9. The van der Waals surface area contributed by atoms with E-state index >= 15 is 0 Å². The summed E-state index contributed by atoms with van der Waals surface area (Å²) < 4.78 is 27.4. The maximum Gasteiger partial charge on any atom is 0.195 e. The lowest BCUT2D eigenvalue weighted by atomic mass is 9.75. The summed E-state index contributed by atoms with van der Waals surface area (Å²) in [6.07, 6.45) is 0. The van der Waals surface area contributed by atoms with Crippen molar-refractivity contribution in [3.05, 3.63) is 143 Å². The van der Waals surface area contributed by atoms with Crippen molar-refractivity contribution in [2.75, 3.05) is 0 Å². The van der Waals surface area contributed by atoms with Crippen molar-refractivity contribution in [2.24, 2.45) is 0 Å². The Bertz CT molecular complexity index is 1330. The molecule has 0 spiro atoms. The van der Waals surface area contributed by atoms with E-state index < -0.39 is 11.6 Å². The zero-order valence-corrected chi connectivity index (χ0v) is 18.0. The first kappa shape index (κ1) is 21.4. The lowest BCUT2D eigenvalue weighted by molar-refractivity contribution is -0.111. The second kappa shape index (κ2) is 8.83. The molecule has 0 radical (unpaired) electrons. The summed E-state index contributed by atoms with van der Waals surface area (Å²) in [5.74, 6) is -1.58. The molecule has 34 heavy (non-hydrogen) atoms. The van der Waals surface area contributed by atoms with E-state index in [1.54, 1.807) is 48.5 Å². The van der Waals surface area contributed by atoms with Gasteiger partial charge in [0.25, 0.3) is 0 Å². The van der Waals surface area contributed by atoms with E-state index in [1.165, 1.54) is 48.5 Å². The first-order valence-electron chi connectivity index (χ1n) is 10.8. The van der Waals surface area contributed by atoms with Crippen LogP contribution in [0.5, 0.6) is 0 Å². The van der Waals surface area contributed by atoms with Crippen LogP contribution in [0.4, 0.5) is 8.78 Å². The van der Waals surface area contributed by atoms with Crippen molar-refractivity contribution in [1.29, 1.82) is 0 Å². The molecule has 0 saturated heterocycles. The molecule has 0 aliphatic heterocycles. The van der Waals surface area contributed by atoms with Gasteiger partial charge in [0.2, 0.25) is 0 Å². The van der Waals surface area contributed by atoms with Crippen LogP contribution >= 0.6 is 0 Å². The van der Waals surface area contributed by atoms with Gasteiger partial charge in [-0.05, 0) is 46.5 Å². The van der Waals surface area contributed by atoms with Crippen molar-refractivity contribution in [2.45, 2.75) is 0 Å². The number of hydrogen-bond donors (Lipinski definition) is 0. The Hall–Kier alpha value is -4.44. The number of carbonyl (C=O) groups is 2. The second-order valence-corrected chi connectivity index (χ2v) is 7.90. The zero-order valence-electron chi connectivity index (χ0n) is 18.0. The van der Waals surface area contributed by atoms with Gasteiger partial charge in [0.05, 0.1) is 0 Å². The zero-order chi connectivity index (χ0) is 23.7. The molecule has 5 rings (SSSR count). The SMILES string of the molecule is O=C1C(c2ccccc2)=C(c2ccc(F)cc2)C(=O)C(c2ccccc2)=C1c1ccc(F)cc1. The van der Waals surface area contributed by atoms with Crippen molar-refractivity contribution in [3.8, 4) is 0 Å². The smallest absolute Gasteiger partial charge is 0.195 e. The number of ketones is 2. The van der Waals surface area contributed by atoms with E-state index in [0.717, 1.165) is 0 Å². The first-order chi connectivity index (χ1) is 16.5. The van der Waals surface area contributed by atoms with E-state index in [-0.39, 0.29) is 33.9 Å². The summed E-state index contributed by atoms with van der Waals surface area (Å²) in [5.41, 5.74) is 2.93. The molecule has 0 unspecified atom stereocenters. The molecule has 0 aromatic heterocycles. The van der Waals surface area contributed by atoms with E-state index in [2.05, 4.69) is 0 Å². The summed E-state index contributed by atoms with van der Waals surface area (Å²) in [7, 11) is 0. The van der Waals surface area contributed by atoms with Crippen LogP contribution in [0, 0.1) is 11.6 Å². The highest BCUT2D eigenvalue weighted by Gasteiger charge is 2.37. The number of benzene rings is 4. The maximum atomic E-state index is 14.2. The second-order valence-electron chi connectivity index (χ2n) is 7.90. The van der Waals surface area contributed by atoms with Gasteiger partial charge < -0.3 is 0 Å². The van der Waals surface area contributed by atoms with Crippen LogP contribution < -0.4 is 0 Å². The molecule has 1 aliphatic carbocycles. The quantitative estimate of drug-likeness (QED) is 0.328. The minimum Gasteiger partial charge on any atom is -0.289 e. The van der Waals surface area contributed by atoms with Crippen LogP contribution in [0.3, 0.4) is 0 Å². The normalized spacial score (nSPS) is 14.1. The Labute approximate surface area is 195 Å². The lowest BCUT2D eigenvalue weighted by Crippen LogP contribution is -2.22. The standard InChI is InChI=1S/C30H18F2O2/c31-23-15-11-21(12-16-23)27-25(19-7-3-1-4-8-19)29(33)28(22-13-17-24(32)18-14-22)26(30(27)34)20-9-5-2-6-10-20/h1-18H. The van der Waals surface area contributed by atoms with Gasteiger partial charge in [-0.15, -0.1) is 0 Å². The van der Waals surface area contributed by atoms with Crippen LogP contribution in [-0.2, 0) is 9.59 Å². The molecular formula is C30H18F2O2. The molecule has 1 aliphatic rings. The fraction of sp³-hybridized carbons (Fsp3) is 0. The van der Waals surface area contributed by atoms with Crippen molar-refractivity contribution in [3.63, 3.8) is 0 Å². The maximum absolute atomic E-state index is 14.2. The van der Waals surface area contributed by atoms with Crippen LogP contribution in [0.2, 0.25) is 0 Å². The average Bonchev–Trinajstić information content (AvgIpc) is 2.87. The Morgan fingerprint density at radius 3 is 0.912 bits per heavy atom. The predicted molar refractivity (Wildman–Crippen MR) is 129 cm³/mol. The number of halogens is 2. The van der Waals surface area contributed by atoms with E-state index in [9.17, 15) is 18.4 Å². The van der Waals surface area contributed by atoms with Crippen LogP contribution in [-0.4, -0.2) is 11.6 Å². The Morgan fingerprint density at radius 2 is 0.618 bits per heavy atom. The molecule has 4 aromatic carbocycles. The van der Waals surface area contributed by atoms with Gasteiger partial charge in [-0.25, -0.2) is 8.78 Å². The molecule has 0 fully saturated rings. The Kier molecular flexibility index (Phi) is 5.56. The minimum atomic E-state index is -0.439. The van der Waals surface area contributed by atoms with Crippen LogP contribution in [0.15, 0.2) is 109 Å². The highest BCUT2D eigenvalue weighted by molar-refractivity contribution is 6.66. The molecule has 0 heterocycles. The number of rotatable bonds is 4. The summed E-state index contributed by atoms with van der Waals surface area (Å²) in [4.78, 5) is 28.3. The van der Waals surface area contributed by atoms with Gasteiger partial charge in [0.15, 0.2) is 11.6 Å². The third kappa shape index (κ3) is 3.80. The predicted octanol–water partition coefficient (Wildman–Crippen LogP) is 6.64. The topological polar surface area (TPSA) is 34.1 Å². The highest BCUT2D eigenvalue weighted by atomic mass is 19.1. The van der Waals surface area contributed by atoms with Crippen molar-refractivity contribution >= 4 is 33.9 Å². The monoisotopic (exact) mass is 448 g/mol. The van der Waals surface area contributed by atoms with Gasteiger partial charge in [-0.1, -0.05) is 84.9 Å². The molecular weight excluding hydrogens is 430 g/mol. The van der Waals surface area contributed by atoms with Crippen molar-refractivity contribution in [1.82, 2.24) is 0 Å². The molecule has 0 amide bonds. The largest absolute Gasteiger partial charge is 0.289 e. The fourth-order valence-corrected chi connectivity index (χ4v) is 4.25.